The van der Waals surface area contributed by atoms with Crippen LogP contribution in [0.3, 0.4) is 0 Å². The SMILES string of the molecule is Cc1ccc(-c2ccc(-c3ncccn3)cc2)cn1. The third-order valence-corrected chi connectivity index (χ3v) is 2.95. The second-order valence-electron chi connectivity index (χ2n) is 4.34. The van der Waals surface area contributed by atoms with Crippen LogP contribution in [0.25, 0.3) is 22.5 Å². The van der Waals surface area contributed by atoms with E-state index in [1.165, 1.54) is 0 Å². The van der Waals surface area contributed by atoms with Gasteiger partial charge in [0, 0.05) is 35.4 Å². The Morgan fingerprint density at radius 2 is 1.32 bits per heavy atom. The Morgan fingerprint density at radius 3 is 1.95 bits per heavy atom. The van der Waals surface area contributed by atoms with Gasteiger partial charge in [-0.15, -0.1) is 0 Å². The molecule has 3 rings (SSSR count). The molecule has 92 valence electrons. The maximum absolute atomic E-state index is 4.31. The summed E-state index contributed by atoms with van der Waals surface area (Å²) in [4.78, 5) is 12.8. The molecule has 0 N–H and O–H groups in total. The van der Waals surface area contributed by atoms with Crippen LogP contribution >= 0.6 is 0 Å². The molecule has 0 radical (unpaired) electrons. The first-order chi connectivity index (χ1) is 9.33. The molecule has 0 atom stereocenters. The Hall–Kier alpha value is -2.55. The molecule has 0 saturated heterocycles. The minimum absolute atomic E-state index is 0.746. The predicted octanol–water partition coefficient (Wildman–Crippen LogP) is 3.51. The zero-order valence-corrected chi connectivity index (χ0v) is 10.6. The van der Waals surface area contributed by atoms with Crippen molar-refractivity contribution in [3.05, 3.63) is 66.7 Å². The molecule has 0 aliphatic rings. The van der Waals surface area contributed by atoms with E-state index in [9.17, 15) is 0 Å². The Kier molecular flexibility index (Phi) is 3.02. The van der Waals surface area contributed by atoms with Crippen molar-refractivity contribution >= 4 is 0 Å². The Morgan fingerprint density at radius 1 is 0.684 bits per heavy atom. The van der Waals surface area contributed by atoms with Gasteiger partial charge in [-0.2, -0.15) is 0 Å². The van der Waals surface area contributed by atoms with Crippen molar-refractivity contribution in [1.82, 2.24) is 15.0 Å². The molecule has 3 nitrogen and oxygen atoms in total. The van der Waals surface area contributed by atoms with Gasteiger partial charge < -0.3 is 0 Å². The highest BCUT2D eigenvalue weighted by molar-refractivity contribution is 5.67. The standard InChI is InChI=1S/C16H13N3/c1-12-3-4-15(11-19-12)13-5-7-14(8-6-13)16-17-9-2-10-18-16/h2-11H,1H3. The number of pyridine rings is 1. The molecule has 0 aliphatic carbocycles. The fourth-order valence-corrected chi connectivity index (χ4v) is 1.90. The molecular weight excluding hydrogens is 234 g/mol. The predicted molar refractivity (Wildman–Crippen MR) is 75.4 cm³/mol. The lowest BCUT2D eigenvalue weighted by Crippen LogP contribution is -1.87. The Bertz CT molecular complexity index is 659. The molecule has 19 heavy (non-hydrogen) atoms. The van der Waals surface area contributed by atoms with Gasteiger partial charge in [0.25, 0.3) is 0 Å². The van der Waals surface area contributed by atoms with E-state index in [0.717, 1.165) is 28.2 Å². The van der Waals surface area contributed by atoms with Crippen LogP contribution in [-0.2, 0) is 0 Å². The lowest BCUT2D eigenvalue weighted by Gasteiger charge is -2.03. The Balaban J connectivity index is 1.93. The van der Waals surface area contributed by atoms with E-state index >= 15 is 0 Å². The van der Waals surface area contributed by atoms with Crippen LogP contribution in [0.4, 0.5) is 0 Å². The number of benzene rings is 1. The van der Waals surface area contributed by atoms with Gasteiger partial charge in [-0.05, 0) is 24.6 Å². The summed E-state index contributed by atoms with van der Waals surface area (Å²) in [6.45, 7) is 1.99. The van der Waals surface area contributed by atoms with Gasteiger partial charge in [0.05, 0.1) is 0 Å². The summed E-state index contributed by atoms with van der Waals surface area (Å²) in [5, 5.41) is 0. The van der Waals surface area contributed by atoms with Crippen molar-refractivity contribution < 1.29 is 0 Å². The van der Waals surface area contributed by atoms with Gasteiger partial charge in [0.2, 0.25) is 0 Å². The van der Waals surface area contributed by atoms with E-state index in [1.807, 2.05) is 37.4 Å². The summed E-state index contributed by atoms with van der Waals surface area (Å²) >= 11 is 0. The fourth-order valence-electron chi connectivity index (χ4n) is 1.90. The van der Waals surface area contributed by atoms with Crippen LogP contribution in [0.15, 0.2) is 61.1 Å². The summed E-state index contributed by atoms with van der Waals surface area (Å²) in [6, 6.07) is 14.1. The molecule has 0 bridgehead atoms. The van der Waals surface area contributed by atoms with Crippen molar-refractivity contribution in [2.45, 2.75) is 6.92 Å². The molecule has 2 heterocycles. The van der Waals surface area contributed by atoms with Crippen molar-refractivity contribution in [3.63, 3.8) is 0 Å². The van der Waals surface area contributed by atoms with Crippen LogP contribution in [0.1, 0.15) is 5.69 Å². The molecule has 0 aliphatic heterocycles. The van der Waals surface area contributed by atoms with E-state index in [1.54, 1.807) is 12.4 Å². The average Bonchev–Trinajstić information content (AvgIpc) is 2.49. The second-order valence-corrected chi connectivity index (χ2v) is 4.34. The topological polar surface area (TPSA) is 38.7 Å². The number of hydrogen-bond acceptors (Lipinski definition) is 3. The van der Waals surface area contributed by atoms with Crippen molar-refractivity contribution in [2.75, 3.05) is 0 Å². The third kappa shape index (κ3) is 2.50. The monoisotopic (exact) mass is 247 g/mol. The summed E-state index contributed by atoms with van der Waals surface area (Å²) in [5.41, 5.74) is 4.31. The van der Waals surface area contributed by atoms with Crippen LogP contribution in [-0.4, -0.2) is 15.0 Å². The number of aromatic nitrogens is 3. The summed E-state index contributed by atoms with van der Waals surface area (Å²) in [5.74, 6) is 0.746. The van der Waals surface area contributed by atoms with Gasteiger partial charge in [-0.1, -0.05) is 30.3 Å². The summed E-state index contributed by atoms with van der Waals surface area (Å²) < 4.78 is 0. The van der Waals surface area contributed by atoms with Gasteiger partial charge in [0.15, 0.2) is 5.82 Å². The van der Waals surface area contributed by atoms with E-state index < -0.39 is 0 Å². The van der Waals surface area contributed by atoms with Gasteiger partial charge in [0.1, 0.15) is 0 Å². The van der Waals surface area contributed by atoms with Gasteiger partial charge in [-0.25, -0.2) is 9.97 Å². The highest BCUT2D eigenvalue weighted by atomic mass is 14.8. The number of nitrogens with zero attached hydrogens (tertiary/aromatic N) is 3. The molecule has 1 aromatic carbocycles. The first-order valence-electron chi connectivity index (χ1n) is 6.13. The third-order valence-electron chi connectivity index (χ3n) is 2.95. The van der Waals surface area contributed by atoms with Crippen LogP contribution in [0, 0.1) is 6.92 Å². The first kappa shape index (κ1) is 11.5. The van der Waals surface area contributed by atoms with Gasteiger partial charge >= 0.3 is 0 Å². The minimum atomic E-state index is 0.746. The lowest BCUT2D eigenvalue weighted by atomic mass is 10.1. The maximum Gasteiger partial charge on any atom is 0.159 e. The number of aryl methyl sites for hydroxylation is 1. The quantitative estimate of drug-likeness (QED) is 0.695. The first-order valence-corrected chi connectivity index (χ1v) is 6.13. The molecule has 0 unspecified atom stereocenters. The lowest BCUT2D eigenvalue weighted by molar-refractivity contribution is 1.18. The maximum atomic E-state index is 4.31. The van der Waals surface area contributed by atoms with Crippen molar-refractivity contribution in [2.24, 2.45) is 0 Å². The van der Waals surface area contributed by atoms with E-state index in [0.29, 0.717) is 0 Å². The molecule has 0 spiro atoms. The molecule has 0 fully saturated rings. The molecule has 3 heteroatoms. The van der Waals surface area contributed by atoms with Crippen molar-refractivity contribution in [1.29, 1.82) is 0 Å². The summed E-state index contributed by atoms with van der Waals surface area (Å²) in [6.07, 6.45) is 5.39. The van der Waals surface area contributed by atoms with E-state index in [4.69, 9.17) is 0 Å². The highest BCUT2D eigenvalue weighted by Crippen LogP contribution is 2.22. The smallest absolute Gasteiger partial charge is 0.159 e. The Labute approximate surface area is 112 Å². The zero-order chi connectivity index (χ0) is 13.1. The largest absolute Gasteiger partial charge is 0.261 e. The molecule has 0 saturated carbocycles. The van der Waals surface area contributed by atoms with Gasteiger partial charge in [-0.3, -0.25) is 4.98 Å². The van der Waals surface area contributed by atoms with Crippen LogP contribution < -0.4 is 0 Å². The van der Waals surface area contributed by atoms with E-state index in [-0.39, 0.29) is 0 Å². The molecular formula is C16H13N3. The minimum Gasteiger partial charge on any atom is -0.261 e. The zero-order valence-electron chi connectivity index (χ0n) is 10.6. The highest BCUT2D eigenvalue weighted by Gasteiger charge is 2.01. The number of rotatable bonds is 2. The van der Waals surface area contributed by atoms with Crippen LogP contribution in [0.5, 0.6) is 0 Å². The van der Waals surface area contributed by atoms with Crippen molar-refractivity contribution in [3.8, 4) is 22.5 Å². The average molecular weight is 247 g/mol. The summed E-state index contributed by atoms with van der Waals surface area (Å²) in [7, 11) is 0. The second kappa shape index (κ2) is 4.98. The molecule has 0 amide bonds. The molecule has 2 aromatic heterocycles. The normalized spacial score (nSPS) is 10.4. The fraction of sp³-hybridized carbons (Fsp3) is 0.0625. The van der Waals surface area contributed by atoms with Crippen LogP contribution in [0.2, 0.25) is 0 Å². The molecule has 3 aromatic rings. The number of hydrogen-bond donors (Lipinski definition) is 0. The van der Waals surface area contributed by atoms with E-state index in [2.05, 4.69) is 33.2 Å².